The van der Waals surface area contributed by atoms with Gasteiger partial charge >= 0.3 is 0 Å². The highest BCUT2D eigenvalue weighted by Crippen LogP contribution is 2.47. The maximum atomic E-state index is 12.1. The number of hydrogen-bond acceptors (Lipinski definition) is 4. The van der Waals surface area contributed by atoms with Gasteiger partial charge in [0.05, 0.1) is 13.2 Å². The number of nitrogens with zero attached hydrogens (tertiary/aromatic N) is 1. The lowest BCUT2D eigenvalue weighted by Gasteiger charge is -2.26. The standard InChI is InChI=1S/C23H28N2O3/c1-17-14-21(17)22-8-6-20(28-22)7-9-23(26)24-15-18-2-4-19(5-3-18)16-25-10-12-27-13-11-25/h2-9,17,21H,10-16H2,1H3,(H,24,26)/b9-7+. The molecule has 5 nitrogen and oxygen atoms in total. The Morgan fingerprint density at radius 3 is 2.57 bits per heavy atom. The van der Waals surface area contributed by atoms with Crippen molar-refractivity contribution in [3.8, 4) is 0 Å². The summed E-state index contributed by atoms with van der Waals surface area (Å²) in [6, 6.07) is 12.4. The van der Waals surface area contributed by atoms with Crippen LogP contribution < -0.4 is 5.32 Å². The van der Waals surface area contributed by atoms with Gasteiger partial charge in [-0.15, -0.1) is 0 Å². The van der Waals surface area contributed by atoms with E-state index in [9.17, 15) is 4.79 Å². The fourth-order valence-corrected chi connectivity index (χ4v) is 3.56. The second-order valence-corrected chi connectivity index (χ2v) is 7.82. The summed E-state index contributed by atoms with van der Waals surface area (Å²) in [5.41, 5.74) is 2.38. The first-order valence-electron chi connectivity index (χ1n) is 10.1. The Balaban J connectivity index is 1.22. The van der Waals surface area contributed by atoms with E-state index < -0.39 is 0 Å². The average molecular weight is 380 g/mol. The highest BCUT2D eigenvalue weighted by atomic mass is 16.5. The molecule has 0 spiro atoms. The van der Waals surface area contributed by atoms with Crippen LogP contribution in [0.2, 0.25) is 0 Å². The van der Waals surface area contributed by atoms with Crippen LogP contribution in [-0.2, 0) is 22.6 Å². The number of ether oxygens (including phenoxy) is 1. The van der Waals surface area contributed by atoms with Gasteiger partial charge in [0.25, 0.3) is 0 Å². The predicted molar refractivity (Wildman–Crippen MR) is 109 cm³/mol. The molecule has 4 rings (SSSR count). The van der Waals surface area contributed by atoms with Crippen LogP contribution in [0.5, 0.6) is 0 Å². The second-order valence-electron chi connectivity index (χ2n) is 7.82. The van der Waals surface area contributed by atoms with Gasteiger partial charge in [-0.3, -0.25) is 9.69 Å². The maximum absolute atomic E-state index is 12.1. The van der Waals surface area contributed by atoms with E-state index in [-0.39, 0.29) is 5.91 Å². The summed E-state index contributed by atoms with van der Waals surface area (Å²) in [6.45, 7) is 7.30. The molecule has 1 saturated heterocycles. The van der Waals surface area contributed by atoms with Gasteiger partial charge in [0.2, 0.25) is 5.91 Å². The van der Waals surface area contributed by atoms with Crippen molar-refractivity contribution < 1.29 is 13.9 Å². The van der Waals surface area contributed by atoms with Gasteiger partial charge in [-0.05, 0) is 41.7 Å². The van der Waals surface area contributed by atoms with Crippen molar-refractivity contribution in [2.24, 2.45) is 5.92 Å². The van der Waals surface area contributed by atoms with Crippen molar-refractivity contribution in [3.05, 3.63) is 65.1 Å². The quantitative estimate of drug-likeness (QED) is 0.746. The van der Waals surface area contributed by atoms with Crippen LogP contribution >= 0.6 is 0 Å². The Morgan fingerprint density at radius 2 is 1.86 bits per heavy atom. The van der Waals surface area contributed by atoms with Gasteiger partial charge in [0.15, 0.2) is 0 Å². The van der Waals surface area contributed by atoms with Crippen molar-refractivity contribution in [1.82, 2.24) is 10.2 Å². The minimum absolute atomic E-state index is 0.116. The van der Waals surface area contributed by atoms with Gasteiger partial charge in [0.1, 0.15) is 11.5 Å². The third-order valence-corrected chi connectivity index (χ3v) is 5.52. The molecule has 1 N–H and O–H groups in total. The van der Waals surface area contributed by atoms with Crippen LogP contribution in [-0.4, -0.2) is 37.1 Å². The van der Waals surface area contributed by atoms with E-state index >= 15 is 0 Å². The van der Waals surface area contributed by atoms with Crippen molar-refractivity contribution >= 4 is 12.0 Å². The minimum atomic E-state index is -0.116. The number of morpholine rings is 1. The summed E-state index contributed by atoms with van der Waals surface area (Å²) in [6.07, 6.45) is 4.46. The molecular weight excluding hydrogens is 352 g/mol. The van der Waals surface area contributed by atoms with E-state index in [1.54, 1.807) is 6.08 Å². The number of carbonyl (C=O) groups excluding carboxylic acids is 1. The zero-order valence-corrected chi connectivity index (χ0v) is 16.4. The smallest absolute Gasteiger partial charge is 0.244 e. The van der Waals surface area contributed by atoms with Gasteiger partial charge in [-0.1, -0.05) is 31.2 Å². The molecule has 0 bridgehead atoms. The molecule has 1 aliphatic carbocycles. The van der Waals surface area contributed by atoms with E-state index in [4.69, 9.17) is 9.15 Å². The van der Waals surface area contributed by atoms with Crippen LogP contribution in [0, 0.1) is 5.92 Å². The number of furan rings is 1. The Hall–Kier alpha value is -2.37. The Kier molecular flexibility index (Phi) is 5.93. The highest BCUT2D eigenvalue weighted by molar-refractivity contribution is 5.91. The largest absolute Gasteiger partial charge is 0.461 e. The van der Waals surface area contributed by atoms with Gasteiger partial charge in [-0.2, -0.15) is 0 Å². The lowest BCUT2D eigenvalue weighted by molar-refractivity contribution is -0.116. The summed E-state index contributed by atoms with van der Waals surface area (Å²) in [5.74, 6) is 2.92. The highest BCUT2D eigenvalue weighted by Gasteiger charge is 2.36. The van der Waals surface area contributed by atoms with E-state index in [0.717, 1.165) is 49.9 Å². The third kappa shape index (κ3) is 5.12. The monoisotopic (exact) mass is 380 g/mol. The lowest BCUT2D eigenvalue weighted by Crippen LogP contribution is -2.35. The molecule has 5 heteroatoms. The van der Waals surface area contributed by atoms with Crippen molar-refractivity contribution in [2.75, 3.05) is 26.3 Å². The van der Waals surface area contributed by atoms with Crippen molar-refractivity contribution in [2.45, 2.75) is 32.4 Å². The zero-order valence-electron chi connectivity index (χ0n) is 16.4. The molecule has 2 fully saturated rings. The van der Waals surface area contributed by atoms with E-state index in [1.165, 1.54) is 18.1 Å². The average Bonchev–Trinajstić information content (AvgIpc) is 3.26. The number of rotatable bonds is 7. The molecule has 2 unspecified atom stereocenters. The van der Waals surface area contributed by atoms with Crippen LogP contribution in [0.3, 0.4) is 0 Å². The molecule has 2 aromatic rings. The summed E-state index contributed by atoms with van der Waals surface area (Å²) >= 11 is 0. The third-order valence-electron chi connectivity index (χ3n) is 5.52. The minimum Gasteiger partial charge on any atom is -0.461 e. The molecular formula is C23H28N2O3. The van der Waals surface area contributed by atoms with Crippen LogP contribution in [0.1, 0.15) is 41.9 Å². The number of amides is 1. The molecule has 28 heavy (non-hydrogen) atoms. The molecule has 1 aliphatic heterocycles. The van der Waals surface area contributed by atoms with E-state index in [2.05, 4.69) is 41.4 Å². The summed E-state index contributed by atoms with van der Waals surface area (Å²) in [5, 5.41) is 2.92. The molecule has 1 saturated carbocycles. The molecule has 1 aromatic heterocycles. The molecule has 148 valence electrons. The zero-order chi connectivity index (χ0) is 19.3. The second kappa shape index (κ2) is 8.76. The Labute approximate surface area is 166 Å². The number of carbonyl (C=O) groups is 1. The lowest BCUT2D eigenvalue weighted by atomic mass is 10.1. The van der Waals surface area contributed by atoms with Crippen LogP contribution in [0.15, 0.2) is 46.9 Å². The molecule has 2 atom stereocenters. The number of nitrogens with one attached hydrogen (secondary N) is 1. The fraction of sp³-hybridized carbons (Fsp3) is 0.435. The Bertz CT molecular complexity index is 819. The maximum Gasteiger partial charge on any atom is 0.244 e. The SMILES string of the molecule is CC1CC1c1ccc(/C=C/C(=O)NCc2ccc(CN3CCOCC3)cc2)o1. The van der Waals surface area contributed by atoms with E-state index in [0.29, 0.717) is 18.4 Å². The van der Waals surface area contributed by atoms with Crippen LogP contribution in [0.4, 0.5) is 0 Å². The molecule has 2 heterocycles. The van der Waals surface area contributed by atoms with Gasteiger partial charge in [-0.25, -0.2) is 0 Å². The summed E-state index contributed by atoms with van der Waals surface area (Å²) in [4.78, 5) is 14.5. The van der Waals surface area contributed by atoms with Gasteiger partial charge < -0.3 is 14.5 Å². The fourth-order valence-electron chi connectivity index (χ4n) is 3.56. The predicted octanol–water partition coefficient (Wildman–Crippen LogP) is 3.56. The topological polar surface area (TPSA) is 54.7 Å². The molecule has 1 aromatic carbocycles. The first-order valence-corrected chi connectivity index (χ1v) is 10.1. The molecule has 1 amide bonds. The van der Waals surface area contributed by atoms with Crippen molar-refractivity contribution in [1.29, 1.82) is 0 Å². The molecule has 2 aliphatic rings. The Morgan fingerprint density at radius 1 is 1.14 bits per heavy atom. The summed E-state index contributed by atoms with van der Waals surface area (Å²) < 4.78 is 11.2. The molecule has 0 radical (unpaired) electrons. The van der Waals surface area contributed by atoms with Crippen molar-refractivity contribution in [3.63, 3.8) is 0 Å². The van der Waals surface area contributed by atoms with Crippen LogP contribution in [0.25, 0.3) is 6.08 Å². The first kappa shape index (κ1) is 19.0. The van der Waals surface area contributed by atoms with E-state index in [1.807, 2.05) is 12.1 Å². The normalized spacial score (nSPS) is 22.5. The first-order chi connectivity index (χ1) is 13.7. The number of benzene rings is 1. The number of hydrogen-bond donors (Lipinski definition) is 1. The summed E-state index contributed by atoms with van der Waals surface area (Å²) in [7, 11) is 0. The van der Waals surface area contributed by atoms with Gasteiger partial charge in [0, 0.05) is 38.2 Å².